The molecular weight excluding hydrogens is 480 g/mol. The SMILES string of the molecule is CC(=O)O[C@@H]1C[C@H](O)[C@@]23CO[C@H](O)[C@]1(C)[C@@H]2C[C@@H](O)[C@@]1(C)[C@@H]2C(=O)C[C@@H](c4ccoc4)[C@]2(C)CC(=O)[C@@H]13. The Morgan fingerprint density at radius 1 is 1.03 bits per heavy atom. The molecular formula is C28H36O9. The van der Waals surface area contributed by atoms with Crippen LogP contribution < -0.4 is 0 Å². The number of hydrogen-bond donors (Lipinski definition) is 3. The number of aliphatic hydroxyl groups is 3. The summed E-state index contributed by atoms with van der Waals surface area (Å²) >= 11 is 0. The molecule has 0 amide bonds. The molecule has 202 valence electrons. The highest BCUT2D eigenvalue weighted by Gasteiger charge is 2.80. The van der Waals surface area contributed by atoms with Gasteiger partial charge in [-0.3, -0.25) is 14.4 Å². The van der Waals surface area contributed by atoms with E-state index < -0.39 is 70.0 Å². The first-order chi connectivity index (χ1) is 17.3. The molecule has 3 N–H and O–H groups in total. The second-order valence-electron chi connectivity index (χ2n) is 13.0. The van der Waals surface area contributed by atoms with Crippen molar-refractivity contribution >= 4 is 17.5 Å². The van der Waals surface area contributed by atoms with E-state index in [1.807, 2.05) is 19.9 Å². The minimum Gasteiger partial charge on any atom is -0.472 e. The van der Waals surface area contributed by atoms with Crippen molar-refractivity contribution < 1.29 is 43.6 Å². The molecule has 2 heterocycles. The number of esters is 1. The Balaban J connectivity index is 1.50. The number of furan rings is 1. The molecule has 37 heavy (non-hydrogen) atoms. The van der Waals surface area contributed by atoms with Crippen molar-refractivity contribution in [1.82, 2.24) is 0 Å². The van der Waals surface area contributed by atoms with E-state index in [2.05, 4.69) is 0 Å². The number of Topliss-reactive ketones (excluding diaryl/α,β-unsaturated/α-hetero) is 2. The number of aliphatic hydroxyl groups excluding tert-OH is 3. The van der Waals surface area contributed by atoms with E-state index in [0.29, 0.717) is 0 Å². The van der Waals surface area contributed by atoms with Crippen molar-refractivity contribution in [2.45, 2.75) is 83.9 Å². The van der Waals surface area contributed by atoms with E-state index in [9.17, 15) is 29.7 Å². The van der Waals surface area contributed by atoms with E-state index in [1.165, 1.54) is 6.92 Å². The van der Waals surface area contributed by atoms with Gasteiger partial charge in [-0.25, -0.2) is 0 Å². The predicted molar refractivity (Wildman–Crippen MR) is 127 cm³/mol. The van der Waals surface area contributed by atoms with Gasteiger partial charge in [0, 0.05) is 54.8 Å². The fourth-order valence-corrected chi connectivity index (χ4v) is 10.1. The highest BCUT2D eigenvalue weighted by Crippen LogP contribution is 2.75. The van der Waals surface area contributed by atoms with Gasteiger partial charge in [-0.2, -0.15) is 0 Å². The van der Waals surface area contributed by atoms with Gasteiger partial charge in [0.05, 0.1) is 36.8 Å². The molecule has 4 aliphatic carbocycles. The molecule has 9 nitrogen and oxygen atoms in total. The van der Waals surface area contributed by atoms with Crippen LogP contribution in [0.2, 0.25) is 0 Å². The highest BCUT2D eigenvalue weighted by atomic mass is 16.6. The summed E-state index contributed by atoms with van der Waals surface area (Å²) in [4.78, 5) is 40.1. The minimum atomic E-state index is -1.30. The van der Waals surface area contributed by atoms with E-state index >= 15 is 0 Å². The summed E-state index contributed by atoms with van der Waals surface area (Å²) in [5, 5.41) is 34.7. The van der Waals surface area contributed by atoms with Crippen LogP contribution in [0.1, 0.15) is 64.9 Å². The van der Waals surface area contributed by atoms with Crippen LogP contribution in [0.5, 0.6) is 0 Å². The Morgan fingerprint density at radius 3 is 2.41 bits per heavy atom. The van der Waals surface area contributed by atoms with Crippen LogP contribution in [-0.4, -0.2) is 64.1 Å². The molecule has 6 rings (SSSR count). The topological polar surface area (TPSA) is 144 Å². The maximum Gasteiger partial charge on any atom is 0.302 e. The Kier molecular flexibility index (Phi) is 5.28. The van der Waals surface area contributed by atoms with Gasteiger partial charge in [-0.15, -0.1) is 0 Å². The predicted octanol–water partition coefficient (Wildman–Crippen LogP) is 1.97. The summed E-state index contributed by atoms with van der Waals surface area (Å²) in [6.07, 6.45) is -0.554. The molecule has 9 heteroatoms. The summed E-state index contributed by atoms with van der Waals surface area (Å²) in [5.41, 5.74) is -3.27. The van der Waals surface area contributed by atoms with Crippen molar-refractivity contribution in [3.63, 3.8) is 0 Å². The molecule has 2 bridgehead atoms. The molecule has 5 fully saturated rings. The maximum absolute atomic E-state index is 14.3. The Labute approximate surface area is 215 Å². The molecule has 0 aromatic carbocycles. The average Bonchev–Trinajstić information content (AvgIpc) is 3.42. The molecule has 1 saturated heterocycles. The molecule has 4 saturated carbocycles. The third-order valence-electron chi connectivity index (χ3n) is 11.4. The van der Waals surface area contributed by atoms with Crippen LogP contribution >= 0.6 is 0 Å². The fourth-order valence-electron chi connectivity index (χ4n) is 10.1. The lowest BCUT2D eigenvalue weighted by Crippen LogP contribution is -2.78. The van der Waals surface area contributed by atoms with Gasteiger partial charge < -0.3 is 29.2 Å². The summed E-state index contributed by atoms with van der Waals surface area (Å²) in [5.74, 6) is -2.91. The zero-order valence-corrected chi connectivity index (χ0v) is 21.7. The van der Waals surface area contributed by atoms with Crippen LogP contribution in [0.15, 0.2) is 23.0 Å². The first kappa shape index (κ1) is 25.2. The molecule has 12 atom stereocenters. The normalized spacial score (nSPS) is 52.7. The fraction of sp³-hybridized carbons (Fsp3) is 0.750. The molecule has 1 aromatic rings. The summed E-state index contributed by atoms with van der Waals surface area (Å²) in [6.45, 7) is 6.74. The monoisotopic (exact) mass is 516 g/mol. The van der Waals surface area contributed by atoms with Crippen molar-refractivity contribution in [2.24, 2.45) is 39.4 Å². The molecule has 5 aliphatic rings. The van der Waals surface area contributed by atoms with Gasteiger partial charge in [0.1, 0.15) is 17.7 Å². The number of carbonyl (C=O) groups is 3. The number of ether oxygens (including phenoxy) is 2. The van der Waals surface area contributed by atoms with E-state index in [0.717, 1.165) is 5.56 Å². The van der Waals surface area contributed by atoms with Crippen LogP contribution in [0.25, 0.3) is 0 Å². The Morgan fingerprint density at radius 2 is 1.76 bits per heavy atom. The van der Waals surface area contributed by atoms with Gasteiger partial charge in [0.15, 0.2) is 6.29 Å². The Bertz CT molecular complexity index is 1150. The zero-order chi connectivity index (χ0) is 26.7. The number of ketones is 2. The third-order valence-corrected chi connectivity index (χ3v) is 11.4. The third kappa shape index (κ3) is 2.86. The molecule has 0 radical (unpaired) electrons. The standard InChI is InChI=1S/C28H36O9/c1-13(29)37-21-9-20(33)28-12-36-24(34)26(21,3)18(28)8-19(32)27(4)22-16(30)7-15(14-5-6-35-11-14)25(22,2)10-17(31)23(27)28/h5-6,11,15,18-24,32-34H,7-10,12H2,1-4H3/t15-,18-,19+,20-,21+,22+,23-,24-,25-,26+,27-,28+/m0/s1. The first-order valence-electron chi connectivity index (χ1n) is 13.2. The van der Waals surface area contributed by atoms with Gasteiger partial charge in [-0.05, 0) is 29.4 Å². The summed E-state index contributed by atoms with van der Waals surface area (Å²) in [6, 6.07) is 1.83. The first-order valence-corrected chi connectivity index (χ1v) is 13.2. The van der Waals surface area contributed by atoms with E-state index in [1.54, 1.807) is 19.5 Å². The molecule has 0 spiro atoms. The summed E-state index contributed by atoms with van der Waals surface area (Å²) < 4.78 is 16.8. The van der Waals surface area contributed by atoms with Crippen molar-refractivity contribution in [3.05, 3.63) is 24.2 Å². The minimum absolute atomic E-state index is 0.00483. The lowest BCUT2D eigenvalue weighted by atomic mass is 9.34. The quantitative estimate of drug-likeness (QED) is 0.503. The average molecular weight is 517 g/mol. The zero-order valence-electron chi connectivity index (χ0n) is 21.7. The lowest BCUT2D eigenvalue weighted by Gasteiger charge is -2.72. The van der Waals surface area contributed by atoms with E-state index in [4.69, 9.17) is 13.9 Å². The van der Waals surface area contributed by atoms with Crippen molar-refractivity contribution in [1.29, 1.82) is 0 Å². The molecule has 0 unspecified atom stereocenters. The number of carbonyl (C=O) groups excluding carboxylic acids is 3. The van der Waals surface area contributed by atoms with Crippen LogP contribution in [0.4, 0.5) is 0 Å². The largest absolute Gasteiger partial charge is 0.472 e. The van der Waals surface area contributed by atoms with Crippen LogP contribution in [0.3, 0.4) is 0 Å². The van der Waals surface area contributed by atoms with Crippen LogP contribution in [-0.2, 0) is 23.9 Å². The second kappa shape index (κ2) is 7.74. The molecule has 1 aliphatic heterocycles. The number of fused-ring (bicyclic) bond motifs is 3. The van der Waals surface area contributed by atoms with Gasteiger partial charge in [-0.1, -0.05) is 20.8 Å². The molecule has 1 aromatic heterocycles. The van der Waals surface area contributed by atoms with E-state index in [-0.39, 0.29) is 49.8 Å². The highest BCUT2D eigenvalue weighted by molar-refractivity contribution is 5.94. The smallest absolute Gasteiger partial charge is 0.302 e. The number of rotatable bonds is 2. The van der Waals surface area contributed by atoms with Crippen molar-refractivity contribution in [2.75, 3.05) is 6.61 Å². The second-order valence-corrected chi connectivity index (χ2v) is 13.0. The van der Waals surface area contributed by atoms with Gasteiger partial charge in [0.25, 0.3) is 0 Å². The van der Waals surface area contributed by atoms with Crippen molar-refractivity contribution in [3.8, 4) is 0 Å². The Hall–Kier alpha value is -2.07. The lowest BCUT2D eigenvalue weighted by molar-refractivity contribution is -0.369. The van der Waals surface area contributed by atoms with Crippen LogP contribution in [0, 0.1) is 39.4 Å². The van der Waals surface area contributed by atoms with Gasteiger partial charge >= 0.3 is 5.97 Å². The van der Waals surface area contributed by atoms with Gasteiger partial charge in [0.2, 0.25) is 0 Å². The number of hydrogen-bond acceptors (Lipinski definition) is 9. The summed E-state index contributed by atoms with van der Waals surface area (Å²) in [7, 11) is 0. The maximum atomic E-state index is 14.3.